The van der Waals surface area contributed by atoms with E-state index in [1.54, 1.807) is 6.07 Å². The van der Waals surface area contributed by atoms with Crippen molar-refractivity contribution in [3.8, 4) is 0 Å². The monoisotopic (exact) mass is 269 g/mol. The molecular formula is C12H13F2N3O2. The van der Waals surface area contributed by atoms with Crippen molar-refractivity contribution in [2.45, 2.75) is 6.61 Å². The van der Waals surface area contributed by atoms with Gasteiger partial charge in [-0.15, -0.1) is 0 Å². The molecule has 1 aromatic rings. The molecule has 0 aliphatic rings. The predicted octanol–water partition coefficient (Wildman–Crippen LogP) is 1.49. The highest BCUT2D eigenvalue weighted by atomic mass is 19.1. The van der Waals surface area contributed by atoms with Crippen LogP contribution in [0.15, 0.2) is 46.3 Å². The van der Waals surface area contributed by atoms with Crippen LogP contribution in [-0.4, -0.2) is 24.1 Å². The lowest BCUT2D eigenvalue weighted by atomic mass is 10.2. The van der Waals surface area contributed by atoms with Gasteiger partial charge in [-0.2, -0.15) is 0 Å². The standard InChI is InChI=1S/C12H13F2N3O2/c13-10-3-1-2-9(4-10)7-19-12(17-8-18)16-6-11(14)5-15/h1-6,18H,7-8,15H2/b11-5-,16-6-,17-12+. The molecule has 0 atom stereocenters. The summed E-state index contributed by atoms with van der Waals surface area (Å²) < 4.78 is 30.7. The molecule has 0 aliphatic heterocycles. The Morgan fingerprint density at radius 1 is 1.47 bits per heavy atom. The van der Waals surface area contributed by atoms with Gasteiger partial charge in [-0.3, -0.25) is 0 Å². The van der Waals surface area contributed by atoms with Crippen LogP contribution in [0.1, 0.15) is 5.56 Å². The molecule has 3 N–H and O–H groups in total. The highest BCUT2D eigenvalue weighted by Crippen LogP contribution is 2.05. The number of hydrogen-bond acceptors (Lipinski definition) is 4. The molecule has 102 valence electrons. The summed E-state index contributed by atoms with van der Waals surface area (Å²) in [6.45, 7) is -0.578. The zero-order chi connectivity index (χ0) is 14.1. The molecule has 0 radical (unpaired) electrons. The molecular weight excluding hydrogens is 256 g/mol. The Balaban J connectivity index is 2.65. The Kier molecular flexibility index (Phi) is 6.17. The van der Waals surface area contributed by atoms with E-state index >= 15 is 0 Å². The van der Waals surface area contributed by atoms with Gasteiger partial charge < -0.3 is 15.6 Å². The van der Waals surface area contributed by atoms with Crippen LogP contribution in [0.5, 0.6) is 0 Å². The quantitative estimate of drug-likeness (QED) is 0.642. The van der Waals surface area contributed by atoms with Crippen LogP contribution in [0.3, 0.4) is 0 Å². The first-order chi connectivity index (χ1) is 9.15. The number of nitrogens with two attached hydrogens (primary N) is 1. The second-order valence-corrected chi connectivity index (χ2v) is 3.31. The zero-order valence-electron chi connectivity index (χ0n) is 9.96. The molecule has 1 rings (SSSR count). The lowest BCUT2D eigenvalue weighted by molar-refractivity contribution is 0.267. The number of aliphatic imine (C=N–C) groups is 2. The predicted molar refractivity (Wildman–Crippen MR) is 67.6 cm³/mol. The van der Waals surface area contributed by atoms with Gasteiger partial charge in [-0.05, 0) is 17.7 Å². The van der Waals surface area contributed by atoms with E-state index in [0.717, 1.165) is 6.21 Å². The summed E-state index contributed by atoms with van der Waals surface area (Å²) in [5.74, 6) is -1.18. The maximum Gasteiger partial charge on any atom is 0.314 e. The Morgan fingerprint density at radius 2 is 2.26 bits per heavy atom. The first kappa shape index (κ1) is 14.8. The Bertz CT molecular complexity index is 502. The van der Waals surface area contributed by atoms with Gasteiger partial charge in [0, 0.05) is 6.20 Å². The van der Waals surface area contributed by atoms with Crippen LogP contribution < -0.4 is 5.73 Å². The van der Waals surface area contributed by atoms with Gasteiger partial charge in [0.15, 0.2) is 5.83 Å². The van der Waals surface area contributed by atoms with Gasteiger partial charge >= 0.3 is 6.02 Å². The molecule has 19 heavy (non-hydrogen) atoms. The third-order valence-corrected chi connectivity index (χ3v) is 1.92. The van der Waals surface area contributed by atoms with Crippen LogP contribution in [0.25, 0.3) is 0 Å². The summed E-state index contributed by atoms with van der Waals surface area (Å²) in [5.41, 5.74) is 5.47. The number of ether oxygens (including phenoxy) is 1. The van der Waals surface area contributed by atoms with Crippen LogP contribution >= 0.6 is 0 Å². The molecule has 0 aromatic heterocycles. The van der Waals surface area contributed by atoms with Crippen LogP contribution in [0.2, 0.25) is 0 Å². The Hall–Kier alpha value is -2.28. The zero-order valence-corrected chi connectivity index (χ0v) is 9.96. The molecule has 0 fully saturated rings. The van der Waals surface area contributed by atoms with Crippen molar-refractivity contribution in [1.29, 1.82) is 0 Å². The molecule has 0 bridgehead atoms. The van der Waals surface area contributed by atoms with Gasteiger partial charge in [-0.25, -0.2) is 18.8 Å². The van der Waals surface area contributed by atoms with Crippen LogP contribution in [0.4, 0.5) is 8.78 Å². The molecule has 0 spiro atoms. The molecule has 0 saturated carbocycles. The second kappa shape index (κ2) is 7.93. The molecule has 5 nitrogen and oxygen atoms in total. The third-order valence-electron chi connectivity index (χ3n) is 1.92. The summed E-state index contributed by atoms with van der Waals surface area (Å²) in [5, 5.41) is 8.67. The number of hydrogen-bond donors (Lipinski definition) is 2. The number of amidine groups is 1. The second-order valence-electron chi connectivity index (χ2n) is 3.31. The van der Waals surface area contributed by atoms with Crippen molar-refractivity contribution in [1.82, 2.24) is 0 Å². The van der Waals surface area contributed by atoms with E-state index in [2.05, 4.69) is 9.98 Å². The molecule has 1 aromatic carbocycles. The SMILES string of the molecule is N/C=C(F)/C=N\C(=N/CO)OCc1cccc(F)c1. The highest BCUT2D eigenvalue weighted by molar-refractivity contribution is 5.89. The van der Waals surface area contributed by atoms with Crippen molar-refractivity contribution in [3.05, 3.63) is 47.7 Å². The average Bonchev–Trinajstić information content (AvgIpc) is 2.41. The molecule has 0 saturated heterocycles. The largest absolute Gasteiger partial charge is 0.459 e. The summed E-state index contributed by atoms with van der Waals surface area (Å²) in [6, 6.07) is 5.51. The highest BCUT2D eigenvalue weighted by Gasteiger charge is 2.00. The summed E-state index contributed by atoms with van der Waals surface area (Å²) in [7, 11) is 0. The number of rotatable bonds is 4. The van der Waals surface area contributed by atoms with Crippen molar-refractivity contribution < 1.29 is 18.6 Å². The first-order valence-electron chi connectivity index (χ1n) is 5.29. The number of aliphatic hydroxyl groups excluding tert-OH is 1. The average molecular weight is 269 g/mol. The van der Waals surface area contributed by atoms with Crippen molar-refractivity contribution >= 4 is 12.2 Å². The first-order valence-corrected chi connectivity index (χ1v) is 5.29. The van der Waals surface area contributed by atoms with E-state index in [0.29, 0.717) is 11.8 Å². The van der Waals surface area contributed by atoms with Gasteiger partial charge in [0.1, 0.15) is 19.2 Å². The number of aliphatic hydroxyl groups is 1. The van der Waals surface area contributed by atoms with Crippen molar-refractivity contribution in [2.75, 3.05) is 6.73 Å². The lowest BCUT2D eigenvalue weighted by Gasteiger charge is -2.04. The minimum Gasteiger partial charge on any atom is -0.459 e. The van der Waals surface area contributed by atoms with E-state index in [1.165, 1.54) is 18.2 Å². The lowest BCUT2D eigenvalue weighted by Crippen LogP contribution is -2.04. The fourth-order valence-corrected chi connectivity index (χ4v) is 1.12. The minimum absolute atomic E-state index is 0.0120. The number of benzene rings is 1. The van der Waals surface area contributed by atoms with E-state index in [1.807, 2.05) is 0 Å². The van der Waals surface area contributed by atoms with E-state index < -0.39 is 18.4 Å². The smallest absolute Gasteiger partial charge is 0.314 e. The van der Waals surface area contributed by atoms with Crippen LogP contribution in [-0.2, 0) is 11.3 Å². The topological polar surface area (TPSA) is 80.2 Å². The van der Waals surface area contributed by atoms with Crippen molar-refractivity contribution in [2.24, 2.45) is 15.7 Å². The Labute approximate surface area is 108 Å². The minimum atomic E-state index is -0.778. The Morgan fingerprint density at radius 3 is 2.89 bits per heavy atom. The normalized spacial score (nSPS) is 13.0. The van der Waals surface area contributed by atoms with E-state index in [9.17, 15) is 8.78 Å². The van der Waals surface area contributed by atoms with Gasteiger partial charge in [0.05, 0.1) is 6.21 Å². The molecule has 0 aliphatic carbocycles. The summed E-state index contributed by atoms with van der Waals surface area (Å²) >= 11 is 0. The van der Waals surface area contributed by atoms with Gasteiger partial charge in [0.25, 0.3) is 0 Å². The van der Waals surface area contributed by atoms with Crippen LogP contribution in [0, 0.1) is 5.82 Å². The molecule has 0 heterocycles. The molecule has 7 heteroatoms. The fourth-order valence-electron chi connectivity index (χ4n) is 1.12. The van der Waals surface area contributed by atoms with E-state index in [-0.39, 0.29) is 12.6 Å². The van der Waals surface area contributed by atoms with Crippen molar-refractivity contribution in [3.63, 3.8) is 0 Å². The summed E-state index contributed by atoms with van der Waals surface area (Å²) in [6.07, 6.45) is 1.51. The summed E-state index contributed by atoms with van der Waals surface area (Å²) in [4.78, 5) is 7.04. The van der Waals surface area contributed by atoms with Gasteiger partial charge in [-0.1, -0.05) is 12.1 Å². The number of allylic oxidation sites excluding steroid dienone is 1. The van der Waals surface area contributed by atoms with Gasteiger partial charge in [0.2, 0.25) is 0 Å². The number of nitrogens with zero attached hydrogens (tertiary/aromatic N) is 2. The third kappa shape index (κ3) is 5.73. The maximum atomic E-state index is 12.9. The number of halogens is 2. The molecule has 0 amide bonds. The maximum absolute atomic E-state index is 12.9. The fraction of sp³-hybridized carbons (Fsp3) is 0.167. The molecule has 0 unspecified atom stereocenters. The van der Waals surface area contributed by atoms with E-state index in [4.69, 9.17) is 15.6 Å².